The molecule has 0 aliphatic rings. The molecule has 5 heterocycles. The Morgan fingerprint density at radius 2 is 1.45 bits per heavy atom. The molecule has 19 heteroatoms. The Labute approximate surface area is 290 Å². The van der Waals surface area contributed by atoms with Gasteiger partial charge in [0.05, 0.1) is 23.5 Å². The number of pyridine rings is 1. The third-order valence-electron chi connectivity index (χ3n) is 7.08. The molecule has 4 N–H and O–H groups in total. The third-order valence-corrected chi connectivity index (χ3v) is 7.41. The zero-order valence-electron chi connectivity index (χ0n) is 25.8. The summed E-state index contributed by atoms with van der Waals surface area (Å²) >= 11 is 6.24. The van der Waals surface area contributed by atoms with Crippen LogP contribution in [0.1, 0.15) is 47.4 Å². The van der Waals surface area contributed by atoms with Gasteiger partial charge in [0, 0.05) is 37.3 Å². The molecule has 5 aromatic heterocycles. The van der Waals surface area contributed by atoms with Gasteiger partial charge in [-0.05, 0) is 54.1 Å². The minimum absolute atomic E-state index is 0.0703. The van der Waals surface area contributed by atoms with E-state index in [4.69, 9.17) is 16.3 Å². The van der Waals surface area contributed by atoms with E-state index < -0.39 is 46.6 Å². The molecular formula is C32H22ClFN10O7. The molecule has 0 spiro atoms. The van der Waals surface area contributed by atoms with Crippen molar-refractivity contribution >= 4 is 46.7 Å². The van der Waals surface area contributed by atoms with Crippen LogP contribution in [0.25, 0.3) is 11.6 Å². The highest BCUT2D eigenvalue weighted by atomic mass is 35.5. The lowest BCUT2D eigenvalue weighted by molar-refractivity contribution is 0.0683. The van der Waals surface area contributed by atoms with Crippen molar-refractivity contribution in [2.75, 3.05) is 17.2 Å². The topological polar surface area (TPSA) is 229 Å². The van der Waals surface area contributed by atoms with E-state index in [0.717, 1.165) is 6.07 Å². The Morgan fingerprint density at radius 1 is 0.804 bits per heavy atom. The fourth-order valence-corrected chi connectivity index (χ4v) is 4.84. The number of carboxylic acids is 2. The van der Waals surface area contributed by atoms with Crippen molar-refractivity contribution in [3.63, 3.8) is 0 Å². The van der Waals surface area contributed by atoms with Crippen LogP contribution >= 0.6 is 11.6 Å². The van der Waals surface area contributed by atoms with Crippen LogP contribution in [0.3, 0.4) is 0 Å². The van der Waals surface area contributed by atoms with Crippen LogP contribution in [0, 0.1) is 5.82 Å². The number of carbonyl (C=O) groups is 4. The molecule has 0 aliphatic heterocycles. The number of benzene rings is 1. The van der Waals surface area contributed by atoms with Crippen LogP contribution < -0.4 is 15.4 Å². The van der Waals surface area contributed by atoms with Crippen molar-refractivity contribution in [2.24, 2.45) is 0 Å². The first kappa shape index (κ1) is 33.8. The maximum Gasteiger partial charge on any atom is 0.356 e. The summed E-state index contributed by atoms with van der Waals surface area (Å²) in [4.78, 5) is 57.4. The highest BCUT2D eigenvalue weighted by molar-refractivity contribution is 6.30. The van der Waals surface area contributed by atoms with Crippen molar-refractivity contribution < 1.29 is 38.5 Å². The second-order valence-electron chi connectivity index (χ2n) is 10.4. The Balaban J connectivity index is 1.16. The summed E-state index contributed by atoms with van der Waals surface area (Å²) in [5, 5.41) is 39.6. The van der Waals surface area contributed by atoms with Crippen LogP contribution in [0.2, 0.25) is 5.15 Å². The van der Waals surface area contributed by atoms with E-state index >= 15 is 0 Å². The lowest BCUT2D eigenvalue weighted by Crippen LogP contribution is -2.19. The maximum absolute atomic E-state index is 15.0. The highest BCUT2D eigenvalue weighted by Crippen LogP contribution is 2.28. The normalized spacial score (nSPS) is 10.8. The number of nitrogens with zero attached hydrogens (tertiary/aromatic N) is 8. The summed E-state index contributed by atoms with van der Waals surface area (Å²) in [5.74, 6) is -5.22. The summed E-state index contributed by atoms with van der Waals surface area (Å²) in [6, 6.07) is 12.3. The van der Waals surface area contributed by atoms with Crippen LogP contribution in [0.4, 0.5) is 15.8 Å². The van der Waals surface area contributed by atoms with Gasteiger partial charge in [-0.3, -0.25) is 14.2 Å². The van der Waals surface area contributed by atoms with E-state index in [9.17, 15) is 33.8 Å². The van der Waals surface area contributed by atoms with E-state index in [2.05, 4.69) is 41.0 Å². The van der Waals surface area contributed by atoms with Gasteiger partial charge in [0.15, 0.2) is 40.3 Å². The van der Waals surface area contributed by atoms with Gasteiger partial charge in [0.2, 0.25) is 0 Å². The van der Waals surface area contributed by atoms with E-state index in [1.165, 1.54) is 42.9 Å². The highest BCUT2D eigenvalue weighted by Gasteiger charge is 2.22. The first-order valence-electron chi connectivity index (χ1n) is 14.6. The Kier molecular flexibility index (Phi) is 9.67. The van der Waals surface area contributed by atoms with Gasteiger partial charge in [-0.25, -0.2) is 23.9 Å². The average Bonchev–Trinajstić information content (AvgIpc) is 3.86. The lowest BCUT2D eigenvalue weighted by Gasteiger charge is -2.14. The fourth-order valence-electron chi connectivity index (χ4n) is 4.60. The number of imidazole rings is 1. The summed E-state index contributed by atoms with van der Waals surface area (Å²) in [6.45, 7) is -0.272. The van der Waals surface area contributed by atoms with Crippen LogP contribution in [0.15, 0.2) is 85.7 Å². The van der Waals surface area contributed by atoms with E-state index in [-0.39, 0.29) is 46.5 Å². The van der Waals surface area contributed by atoms with Gasteiger partial charge in [-0.1, -0.05) is 11.6 Å². The average molecular weight is 713 g/mol. The van der Waals surface area contributed by atoms with Crippen molar-refractivity contribution in [1.82, 2.24) is 39.5 Å². The largest absolute Gasteiger partial charge is 0.490 e. The van der Waals surface area contributed by atoms with Gasteiger partial charge in [-0.15, -0.1) is 20.4 Å². The van der Waals surface area contributed by atoms with Gasteiger partial charge in [0.1, 0.15) is 11.5 Å². The van der Waals surface area contributed by atoms with Crippen molar-refractivity contribution in [3.8, 4) is 17.4 Å². The van der Waals surface area contributed by atoms with E-state index in [1.807, 2.05) is 0 Å². The van der Waals surface area contributed by atoms with E-state index in [1.54, 1.807) is 39.9 Å². The number of nitrogens with one attached hydrogen (secondary N) is 2. The quantitative estimate of drug-likeness (QED) is 0.132. The minimum atomic E-state index is -1.52. The molecule has 0 unspecified atom stereocenters. The lowest BCUT2D eigenvalue weighted by atomic mass is 10.1. The first-order chi connectivity index (χ1) is 24.6. The molecule has 0 saturated heterocycles. The number of carbonyl (C=O) groups excluding carboxylic acids is 2. The molecule has 0 aliphatic carbocycles. The molecule has 0 saturated carbocycles. The molecule has 51 heavy (non-hydrogen) atoms. The standard InChI is InChI=1S/C32H22ClFN10O7/c33-28-17(13-23(27(38-28)32(49)50)37-30(46)21-4-6-26(42-40-21)44-11-8-35-16-44)7-12-51-24-15-22(18(31(47)48)14-19(24)34)36-29(45)20-3-5-25(41-39-20)43-9-1-2-10-43/h1-6,8-11,13-16H,7,12H2,(H,36,45)(H,37,46)(H,47,48)(H,49,50). The maximum atomic E-state index is 15.0. The molecule has 2 amide bonds. The van der Waals surface area contributed by atoms with Gasteiger partial charge < -0.3 is 30.2 Å². The van der Waals surface area contributed by atoms with Crippen molar-refractivity contribution in [1.29, 1.82) is 0 Å². The van der Waals surface area contributed by atoms with Crippen molar-refractivity contribution in [2.45, 2.75) is 6.42 Å². The SMILES string of the molecule is O=C(Nc1cc(OCCc2cc(NC(=O)c3ccc(-n4ccnc4)nn3)c(C(=O)O)nc2Cl)c(F)cc1C(=O)O)c1ccc(-n2cccc2)nn1. The number of aromatic nitrogens is 8. The third kappa shape index (κ3) is 7.65. The molecule has 0 radical (unpaired) electrons. The Hall–Kier alpha value is -7.08. The van der Waals surface area contributed by atoms with E-state index in [0.29, 0.717) is 17.7 Å². The number of ether oxygens (including phenoxy) is 1. The fraction of sp³-hybridized carbons (Fsp3) is 0.0625. The zero-order chi connectivity index (χ0) is 36.1. The summed E-state index contributed by atoms with van der Waals surface area (Å²) in [5.41, 5.74) is -1.64. The molecule has 1 aromatic carbocycles. The monoisotopic (exact) mass is 712 g/mol. The number of carboxylic acid groups (broad SMARTS) is 2. The molecule has 256 valence electrons. The summed E-state index contributed by atoms with van der Waals surface area (Å²) < 4.78 is 23.8. The number of amides is 2. The number of hydrogen-bond acceptors (Lipinski definition) is 11. The first-order valence-corrected chi connectivity index (χ1v) is 15.0. The Morgan fingerprint density at radius 3 is 2.02 bits per heavy atom. The van der Waals surface area contributed by atoms with Gasteiger partial charge in [0.25, 0.3) is 11.8 Å². The molecule has 0 fully saturated rings. The summed E-state index contributed by atoms with van der Waals surface area (Å²) in [7, 11) is 0. The predicted molar refractivity (Wildman–Crippen MR) is 175 cm³/mol. The number of halogens is 2. The smallest absolute Gasteiger partial charge is 0.356 e. The van der Waals surface area contributed by atoms with Crippen LogP contribution in [-0.2, 0) is 6.42 Å². The van der Waals surface area contributed by atoms with Crippen LogP contribution in [-0.4, -0.2) is 80.1 Å². The van der Waals surface area contributed by atoms with Gasteiger partial charge >= 0.3 is 11.9 Å². The van der Waals surface area contributed by atoms with Crippen molar-refractivity contribution in [3.05, 3.63) is 125 Å². The number of hydrogen-bond donors (Lipinski definition) is 4. The molecule has 17 nitrogen and oxygen atoms in total. The van der Waals surface area contributed by atoms with Gasteiger partial charge in [-0.2, -0.15) is 0 Å². The zero-order valence-corrected chi connectivity index (χ0v) is 26.5. The second kappa shape index (κ2) is 14.6. The molecule has 6 aromatic rings. The number of anilines is 2. The Bertz CT molecular complexity index is 2090. The minimum Gasteiger partial charge on any atom is -0.490 e. The predicted octanol–water partition coefficient (Wildman–Crippen LogP) is 3.95. The number of rotatable bonds is 12. The second-order valence-corrected chi connectivity index (χ2v) is 10.8. The summed E-state index contributed by atoms with van der Waals surface area (Å²) in [6.07, 6.45) is 8.06. The van der Waals surface area contributed by atoms with Crippen LogP contribution in [0.5, 0.6) is 5.75 Å². The number of aromatic carboxylic acids is 2. The molecule has 0 bridgehead atoms. The molecule has 0 atom stereocenters. The molecule has 6 rings (SSSR count). The molecular weight excluding hydrogens is 691 g/mol.